The average molecular weight is 449 g/mol. The van der Waals surface area contributed by atoms with Crippen molar-refractivity contribution in [1.82, 2.24) is 9.88 Å². The van der Waals surface area contributed by atoms with Gasteiger partial charge in [-0.1, -0.05) is 24.3 Å². The third kappa shape index (κ3) is 4.15. The smallest absolute Gasteiger partial charge is 0.329 e. The Balaban J connectivity index is 1.35. The van der Waals surface area contributed by atoms with Crippen LogP contribution in [0, 0.1) is 6.92 Å². The number of thiazole rings is 1. The van der Waals surface area contributed by atoms with Gasteiger partial charge in [0.2, 0.25) is 0 Å². The first-order valence-electron chi connectivity index (χ1n) is 9.81. The van der Waals surface area contributed by atoms with Crippen molar-refractivity contribution in [3.63, 3.8) is 0 Å². The monoisotopic (exact) mass is 449 g/mol. The Kier molecular flexibility index (Phi) is 5.83. The highest BCUT2D eigenvalue weighted by Gasteiger charge is 2.41. The Morgan fingerprint density at radius 3 is 2.41 bits per heavy atom. The van der Waals surface area contributed by atoms with Crippen molar-refractivity contribution < 1.29 is 23.9 Å². The highest BCUT2D eigenvalue weighted by Crippen LogP contribution is 2.25. The Morgan fingerprint density at radius 1 is 1.09 bits per heavy atom. The van der Waals surface area contributed by atoms with Crippen molar-refractivity contribution in [2.24, 2.45) is 0 Å². The van der Waals surface area contributed by atoms with E-state index in [0.29, 0.717) is 5.69 Å². The van der Waals surface area contributed by atoms with Gasteiger partial charge in [0.1, 0.15) is 6.04 Å². The largest absolute Gasteiger partial charge is 0.454 e. The summed E-state index contributed by atoms with van der Waals surface area (Å²) < 4.78 is 5.06. The summed E-state index contributed by atoms with van der Waals surface area (Å²) in [6.07, 6.45) is 0. The van der Waals surface area contributed by atoms with Gasteiger partial charge in [0.05, 0.1) is 21.8 Å². The molecule has 162 valence electrons. The second-order valence-electron chi connectivity index (χ2n) is 7.19. The molecule has 8 nitrogen and oxygen atoms in total. The van der Waals surface area contributed by atoms with Gasteiger partial charge in [-0.3, -0.25) is 19.3 Å². The molecule has 9 heteroatoms. The number of nitrogens with one attached hydrogen (secondary N) is 1. The third-order valence-corrected chi connectivity index (χ3v) is 5.73. The zero-order valence-electron chi connectivity index (χ0n) is 17.3. The molecule has 1 unspecified atom stereocenters. The van der Waals surface area contributed by atoms with Gasteiger partial charge >= 0.3 is 5.97 Å². The molecule has 1 atom stereocenters. The second-order valence-corrected chi connectivity index (χ2v) is 8.25. The molecule has 0 spiro atoms. The molecule has 3 aromatic rings. The van der Waals surface area contributed by atoms with E-state index in [1.54, 1.807) is 30.3 Å². The fourth-order valence-electron chi connectivity index (χ4n) is 3.37. The predicted molar refractivity (Wildman–Crippen MR) is 118 cm³/mol. The number of nitrogens with zero attached hydrogens (tertiary/aromatic N) is 2. The van der Waals surface area contributed by atoms with Crippen LogP contribution in [-0.2, 0) is 14.3 Å². The molecule has 1 aliphatic rings. The Morgan fingerprint density at radius 2 is 1.78 bits per heavy atom. The van der Waals surface area contributed by atoms with Crippen LogP contribution in [-0.4, -0.2) is 46.2 Å². The molecule has 2 aromatic carbocycles. The molecule has 0 fully saturated rings. The molecular formula is C23H19N3O5S. The van der Waals surface area contributed by atoms with Gasteiger partial charge in [-0.2, -0.15) is 0 Å². The maximum atomic E-state index is 12.5. The zero-order chi connectivity index (χ0) is 22.8. The van der Waals surface area contributed by atoms with Crippen LogP contribution in [0.2, 0.25) is 0 Å². The van der Waals surface area contributed by atoms with Crippen molar-refractivity contribution in [3.05, 3.63) is 70.0 Å². The highest BCUT2D eigenvalue weighted by molar-refractivity contribution is 7.09. The van der Waals surface area contributed by atoms with Crippen molar-refractivity contribution >= 4 is 40.7 Å². The minimum atomic E-state index is -1.16. The lowest BCUT2D eigenvalue weighted by atomic mass is 10.1. The molecule has 1 aliphatic heterocycles. The van der Waals surface area contributed by atoms with Crippen molar-refractivity contribution in [1.29, 1.82) is 0 Å². The maximum absolute atomic E-state index is 12.5. The van der Waals surface area contributed by atoms with Crippen LogP contribution in [0.3, 0.4) is 0 Å². The van der Waals surface area contributed by atoms with Crippen LogP contribution in [0.4, 0.5) is 5.69 Å². The number of rotatable bonds is 6. The molecule has 0 bridgehead atoms. The lowest BCUT2D eigenvalue weighted by Crippen LogP contribution is -2.44. The number of carbonyl (C=O) groups excluding carboxylic acids is 4. The Bertz CT molecular complexity index is 1200. The van der Waals surface area contributed by atoms with Gasteiger partial charge in [0.25, 0.3) is 17.7 Å². The van der Waals surface area contributed by atoms with Gasteiger partial charge < -0.3 is 10.1 Å². The fourth-order valence-corrected chi connectivity index (χ4v) is 3.99. The summed E-state index contributed by atoms with van der Waals surface area (Å²) in [6.45, 7) is 2.75. The fraction of sp³-hybridized carbons (Fsp3) is 0.174. The molecule has 2 heterocycles. The topological polar surface area (TPSA) is 106 Å². The van der Waals surface area contributed by atoms with Crippen LogP contribution in [0.5, 0.6) is 0 Å². The standard InChI is InChI=1S/C23H19N3O5S/c1-13(26-21(28)17-8-3-4-9-18(17)22(26)29)23(30)31-11-20(27)25-16-7-5-6-15(10-16)19-12-32-14(2)24-19/h3-10,12-13H,11H2,1-2H3,(H,25,27). The highest BCUT2D eigenvalue weighted by atomic mass is 32.1. The van der Waals surface area contributed by atoms with E-state index in [0.717, 1.165) is 21.2 Å². The van der Waals surface area contributed by atoms with Crippen LogP contribution in [0.25, 0.3) is 11.3 Å². The van der Waals surface area contributed by atoms with Crippen LogP contribution in [0.1, 0.15) is 32.6 Å². The zero-order valence-corrected chi connectivity index (χ0v) is 18.1. The van der Waals surface area contributed by atoms with E-state index in [-0.39, 0.29) is 11.1 Å². The summed E-state index contributed by atoms with van der Waals surface area (Å²) in [7, 11) is 0. The number of hydrogen-bond donors (Lipinski definition) is 1. The lowest BCUT2D eigenvalue weighted by Gasteiger charge is -2.20. The molecule has 3 amide bonds. The van der Waals surface area contributed by atoms with Crippen molar-refractivity contribution in [2.45, 2.75) is 19.9 Å². The number of benzene rings is 2. The minimum absolute atomic E-state index is 0.241. The average Bonchev–Trinajstić information content (AvgIpc) is 3.33. The first-order valence-corrected chi connectivity index (χ1v) is 10.7. The lowest BCUT2D eigenvalue weighted by molar-refractivity contribution is -0.150. The van der Waals surface area contributed by atoms with Gasteiger partial charge in [-0.05, 0) is 38.1 Å². The van der Waals surface area contributed by atoms with Gasteiger partial charge in [-0.25, -0.2) is 9.78 Å². The van der Waals surface area contributed by atoms with E-state index < -0.39 is 36.3 Å². The first-order chi connectivity index (χ1) is 15.3. The van der Waals surface area contributed by atoms with Gasteiger partial charge in [-0.15, -0.1) is 11.3 Å². The van der Waals surface area contributed by atoms with Crippen molar-refractivity contribution in [2.75, 3.05) is 11.9 Å². The summed E-state index contributed by atoms with van der Waals surface area (Å²) in [5.74, 6) is -2.51. The number of esters is 1. The quantitative estimate of drug-likeness (QED) is 0.457. The number of aryl methyl sites for hydroxylation is 1. The maximum Gasteiger partial charge on any atom is 0.329 e. The number of hydrogen-bond acceptors (Lipinski definition) is 7. The van der Waals surface area contributed by atoms with Crippen LogP contribution >= 0.6 is 11.3 Å². The summed E-state index contributed by atoms with van der Waals surface area (Å²) in [5, 5.41) is 5.53. The van der Waals surface area contributed by atoms with Gasteiger partial charge in [0, 0.05) is 16.6 Å². The number of imide groups is 1. The Labute approximate surface area is 187 Å². The van der Waals surface area contributed by atoms with Gasteiger partial charge in [0.15, 0.2) is 6.61 Å². The summed E-state index contributed by atoms with van der Waals surface area (Å²) >= 11 is 1.53. The number of carbonyl (C=O) groups is 4. The van der Waals surface area contributed by atoms with E-state index in [4.69, 9.17) is 4.74 Å². The van der Waals surface area contributed by atoms with E-state index >= 15 is 0 Å². The van der Waals surface area contributed by atoms with Crippen LogP contribution in [0.15, 0.2) is 53.9 Å². The summed E-state index contributed by atoms with van der Waals surface area (Å²) in [4.78, 5) is 55.0. The van der Waals surface area contributed by atoms with E-state index in [1.165, 1.54) is 30.4 Å². The molecule has 1 N–H and O–H groups in total. The summed E-state index contributed by atoms with van der Waals surface area (Å²) in [6, 6.07) is 12.3. The molecule has 0 radical (unpaired) electrons. The molecule has 0 aliphatic carbocycles. The van der Waals surface area contributed by atoms with E-state index in [1.807, 2.05) is 18.4 Å². The number of ether oxygens (including phenoxy) is 1. The number of aromatic nitrogens is 1. The molecule has 32 heavy (non-hydrogen) atoms. The summed E-state index contributed by atoms with van der Waals surface area (Å²) in [5.41, 5.74) is 2.67. The minimum Gasteiger partial charge on any atom is -0.454 e. The first kappa shape index (κ1) is 21.4. The molecule has 4 rings (SSSR count). The normalized spacial score (nSPS) is 13.6. The molecule has 0 saturated heterocycles. The van der Waals surface area contributed by atoms with Crippen LogP contribution < -0.4 is 5.32 Å². The van der Waals surface area contributed by atoms with E-state index in [9.17, 15) is 19.2 Å². The van der Waals surface area contributed by atoms with Crippen molar-refractivity contribution in [3.8, 4) is 11.3 Å². The predicted octanol–water partition coefficient (Wildman–Crippen LogP) is 3.28. The molecule has 0 saturated carbocycles. The SMILES string of the molecule is Cc1nc(-c2cccc(NC(=O)COC(=O)C(C)N3C(=O)c4ccccc4C3=O)c2)cs1. The number of fused-ring (bicyclic) bond motifs is 1. The molecular weight excluding hydrogens is 430 g/mol. The second kappa shape index (κ2) is 8.72. The number of amides is 3. The molecule has 1 aromatic heterocycles. The third-order valence-electron chi connectivity index (χ3n) is 4.96. The van der Waals surface area contributed by atoms with E-state index in [2.05, 4.69) is 10.3 Å². The number of anilines is 1. The Hall–Kier alpha value is -3.85.